The van der Waals surface area contributed by atoms with Crippen molar-refractivity contribution in [2.24, 2.45) is 5.92 Å². The maximum atomic E-state index is 12.9. The van der Waals surface area contributed by atoms with Crippen LogP contribution in [0.4, 0.5) is 4.79 Å². The third-order valence-electron chi connectivity index (χ3n) is 6.74. The lowest BCUT2D eigenvalue weighted by molar-refractivity contribution is -0.0302. The summed E-state index contributed by atoms with van der Waals surface area (Å²) < 4.78 is 47.7. The van der Waals surface area contributed by atoms with Gasteiger partial charge in [0.2, 0.25) is 0 Å². The van der Waals surface area contributed by atoms with Gasteiger partial charge in [-0.3, -0.25) is 0 Å². The molecule has 0 spiro atoms. The molecule has 0 saturated carbocycles. The summed E-state index contributed by atoms with van der Waals surface area (Å²) in [5, 5.41) is 1.97. The van der Waals surface area contributed by atoms with Crippen molar-refractivity contribution in [2.75, 3.05) is 19.7 Å². The van der Waals surface area contributed by atoms with Crippen molar-refractivity contribution in [1.82, 2.24) is 4.90 Å². The van der Waals surface area contributed by atoms with Gasteiger partial charge >= 0.3 is 16.5 Å². The van der Waals surface area contributed by atoms with E-state index in [1.807, 2.05) is 36.4 Å². The van der Waals surface area contributed by atoms with E-state index in [1.165, 1.54) is 4.90 Å². The number of likely N-dealkylation sites (tertiary alicyclic amines) is 1. The molecule has 0 N–H and O–H groups in total. The van der Waals surface area contributed by atoms with Crippen LogP contribution in [0.15, 0.2) is 60.7 Å². The highest BCUT2D eigenvalue weighted by Gasteiger charge is 2.54. The first kappa shape index (κ1) is 27.8. The number of hydrogen-bond acceptors (Lipinski definition) is 7. The zero-order valence-electron chi connectivity index (χ0n) is 22.3. The summed E-state index contributed by atoms with van der Waals surface area (Å²) in [7, 11) is -7.04. The topological polar surface area (TPSA) is 91.4 Å². The molecule has 2 saturated heterocycles. The highest BCUT2D eigenvalue weighted by molar-refractivity contribution is 7.82. The Kier molecular flexibility index (Phi) is 7.62. The first-order valence-corrected chi connectivity index (χ1v) is 15.8. The van der Waals surface area contributed by atoms with Gasteiger partial charge in [-0.05, 0) is 36.2 Å². The molecule has 2 heterocycles. The molecule has 2 aliphatic heterocycles. The summed E-state index contributed by atoms with van der Waals surface area (Å²) in [4.78, 5) is 14.4. The maximum absolute atomic E-state index is 12.9. The predicted octanol–water partition coefficient (Wildman–Crippen LogP) is 3.46. The number of fused-ring (bicyclic) bond motifs is 1. The molecule has 202 valence electrons. The molecule has 4 rings (SSSR count). The van der Waals surface area contributed by atoms with E-state index in [9.17, 15) is 13.2 Å². The molecular weight excluding hydrogens is 510 g/mol. The highest BCUT2D eigenvalue weighted by Crippen LogP contribution is 2.39. The Morgan fingerprint density at radius 3 is 1.95 bits per heavy atom. The van der Waals surface area contributed by atoms with Crippen LogP contribution in [0, 0.1) is 5.92 Å². The fourth-order valence-electron chi connectivity index (χ4n) is 5.24. The third kappa shape index (κ3) is 5.93. The molecule has 3 atom stereocenters. The molecule has 2 aliphatic rings. The van der Waals surface area contributed by atoms with Gasteiger partial charge < -0.3 is 14.1 Å². The molecule has 1 amide bonds. The molecule has 2 aromatic rings. The number of benzene rings is 2. The zero-order chi connectivity index (χ0) is 27.1. The van der Waals surface area contributed by atoms with E-state index in [0.29, 0.717) is 0 Å². The Morgan fingerprint density at radius 1 is 0.919 bits per heavy atom. The molecule has 0 radical (unpaired) electrons. The van der Waals surface area contributed by atoms with Crippen LogP contribution >= 0.6 is 0 Å². The number of carbonyl (C=O) groups is 1. The van der Waals surface area contributed by atoms with Crippen molar-refractivity contribution in [3.8, 4) is 0 Å². The summed E-state index contributed by atoms with van der Waals surface area (Å²) in [5.74, 6) is -0.440. The van der Waals surface area contributed by atoms with Crippen molar-refractivity contribution in [2.45, 2.75) is 64.4 Å². The molecule has 0 aromatic heterocycles. The number of piperidine rings is 1. The van der Waals surface area contributed by atoms with Crippen molar-refractivity contribution in [3.63, 3.8) is 0 Å². The number of carbonyl (C=O) groups excluding carboxylic acids is 1. The Bertz CT molecular complexity index is 1150. The molecule has 37 heavy (non-hydrogen) atoms. The van der Waals surface area contributed by atoms with Crippen molar-refractivity contribution >= 4 is 35.2 Å². The summed E-state index contributed by atoms with van der Waals surface area (Å²) in [6, 6.07) is 20.4. The second-order valence-corrected chi connectivity index (χ2v) is 17.2. The van der Waals surface area contributed by atoms with Gasteiger partial charge in [-0.2, -0.15) is 8.42 Å². The van der Waals surface area contributed by atoms with Gasteiger partial charge in [0.15, 0.2) is 0 Å². The van der Waals surface area contributed by atoms with Gasteiger partial charge in [-0.1, -0.05) is 81.4 Å². The summed E-state index contributed by atoms with van der Waals surface area (Å²) in [5.41, 5.74) is -0.687. The van der Waals surface area contributed by atoms with E-state index in [4.69, 9.17) is 17.5 Å². The van der Waals surface area contributed by atoms with Crippen LogP contribution in [0.5, 0.6) is 0 Å². The lowest BCUT2D eigenvalue weighted by Crippen LogP contribution is -2.67. The zero-order valence-corrected chi connectivity index (χ0v) is 24.2. The smallest absolute Gasteiger partial charge is 0.410 e. The predicted molar refractivity (Wildman–Crippen MR) is 144 cm³/mol. The average molecular weight is 548 g/mol. The fraction of sp³-hybridized carbons (Fsp3) is 0.519. The van der Waals surface area contributed by atoms with Crippen molar-refractivity contribution in [1.29, 1.82) is 0 Å². The van der Waals surface area contributed by atoms with E-state index >= 15 is 0 Å². The minimum Gasteiger partial charge on any atom is -0.444 e. The quantitative estimate of drug-likeness (QED) is 0.530. The van der Waals surface area contributed by atoms with Crippen LogP contribution < -0.4 is 10.4 Å². The van der Waals surface area contributed by atoms with E-state index in [2.05, 4.69) is 45.0 Å². The minimum absolute atomic E-state index is 0.0640. The summed E-state index contributed by atoms with van der Waals surface area (Å²) in [6.07, 6.45) is -2.09. The third-order valence-corrected chi connectivity index (χ3v) is 12.7. The van der Waals surface area contributed by atoms with Crippen LogP contribution in [-0.4, -0.2) is 65.2 Å². The monoisotopic (exact) mass is 547 g/mol. The van der Waals surface area contributed by atoms with E-state index in [-0.39, 0.29) is 24.7 Å². The highest BCUT2D eigenvalue weighted by atomic mass is 32.3. The van der Waals surface area contributed by atoms with Crippen LogP contribution in [-0.2, 0) is 27.9 Å². The van der Waals surface area contributed by atoms with Crippen molar-refractivity contribution in [3.05, 3.63) is 60.7 Å². The van der Waals surface area contributed by atoms with Gasteiger partial charge in [0.1, 0.15) is 17.8 Å². The van der Waals surface area contributed by atoms with Gasteiger partial charge in [-0.25, -0.2) is 13.2 Å². The summed E-state index contributed by atoms with van der Waals surface area (Å²) >= 11 is 0. The Balaban J connectivity index is 1.70. The average Bonchev–Trinajstić information content (AvgIpc) is 3.12. The standard InChI is InChI=1S/C27H37NO7SSi/c1-26(2,3)33-25(29)28-17-20(24-23(18-28)34-36(30,31)35-24)19-32-37(27(4,5)6,21-13-9-7-10-14-21)22-15-11-8-12-16-22/h7-16,20,23-24H,17-19H2,1-6H3/t20-,23+,24-/m1/s1. The Hall–Kier alpha value is -2.24. The molecule has 8 nitrogen and oxygen atoms in total. The number of hydrogen-bond donors (Lipinski definition) is 0. The second-order valence-electron chi connectivity index (χ2n) is 11.7. The van der Waals surface area contributed by atoms with E-state index < -0.39 is 48.5 Å². The molecule has 2 fully saturated rings. The first-order chi connectivity index (χ1) is 17.2. The SMILES string of the molecule is CC(C)(C)OC(=O)N1C[C@H](CO[Si](c2ccccc2)(c2ccccc2)C(C)(C)C)[C@H]2OS(=O)(=O)O[C@H]2C1. The molecule has 2 aromatic carbocycles. The van der Waals surface area contributed by atoms with E-state index in [1.54, 1.807) is 20.8 Å². The molecule has 0 aliphatic carbocycles. The lowest BCUT2D eigenvalue weighted by Gasteiger charge is -2.45. The normalized spacial score (nSPS) is 23.9. The minimum atomic E-state index is -4.16. The van der Waals surface area contributed by atoms with E-state index in [0.717, 1.165) is 10.4 Å². The number of ether oxygens (including phenoxy) is 1. The van der Waals surface area contributed by atoms with Gasteiger partial charge in [0.05, 0.1) is 6.54 Å². The molecular formula is C27H37NO7SSi. The van der Waals surface area contributed by atoms with Gasteiger partial charge in [0, 0.05) is 19.1 Å². The molecule has 0 unspecified atom stereocenters. The number of rotatable bonds is 5. The van der Waals surface area contributed by atoms with Crippen molar-refractivity contribution < 1.29 is 30.7 Å². The van der Waals surface area contributed by atoms with Crippen LogP contribution in [0.2, 0.25) is 5.04 Å². The summed E-state index contributed by atoms with van der Waals surface area (Å²) in [6.45, 7) is 12.4. The molecule has 10 heteroatoms. The fourth-order valence-corrected chi connectivity index (χ4v) is 10.9. The number of nitrogens with zero attached hydrogens (tertiary/aromatic N) is 1. The van der Waals surface area contributed by atoms with Gasteiger partial charge in [-0.15, -0.1) is 0 Å². The van der Waals surface area contributed by atoms with Crippen LogP contribution in [0.3, 0.4) is 0 Å². The van der Waals surface area contributed by atoms with Crippen LogP contribution in [0.25, 0.3) is 0 Å². The van der Waals surface area contributed by atoms with Gasteiger partial charge in [0.25, 0.3) is 8.32 Å². The van der Waals surface area contributed by atoms with Crippen LogP contribution in [0.1, 0.15) is 41.5 Å². The maximum Gasteiger partial charge on any atom is 0.410 e. The molecule has 0 bridgehead atoms. The Labute approximate surface area is 221 Å². The second kappa shape index (κ2) is 10.1. The lowest BCUT2D eigenvalue weighted by atomic mass is 9.93. The Morgan fingerprint density at radius 2 is 1.46 bits per heavy atom. The first-order valence-electron chi connectivity index (χ1n) is 12.6. The number of amides is 1. The largest absolute Gasteiger partial charge is 0.444 e.